The van der Waals surface area contributed by atoms with E-state index in [-0.39, 0.29) is 17.9 Å². The number of carbonyl (C=O) groups excluding carboxylic acids is 2. The Kier molecular flexibility index (Phi) is 5.42. The van der Waals surface area contributed by atoms with Crippen molar-refractivity contribution in [3.63, 3.8) is 0 Å². The first-order valence-corrected chi connectivity index (χ1v) is 10.1. The second-order valence-corrected chi connectivity index (χ2v) is 7.77. The number of nitrogens with zero attached hydrogens (tertiary/aromatic N) is 2. The van der Waals surface area contributed by atoms with E-state index in [2.05, 4.69) is 12.2 Å². The van der Waals surface area contributed by atoms with Gasteiger partial charge in [-0.05, 0) is 37.5 Å². The molecule has 1 fully saturated rings. The fourth-order valence-electron chi connectivity index (χ4n) is 3.99. The van der Waals surface area contributed by atoms with Crippen LogP contribution in [0.15, 0.2) is 30.3 Å². The van der Waals surface area contributed by atoms with Gasteiger partial charge in [-0.15, -0.1) is 0 Å². The molecule has 2 aromatic rings. The van der Waals surface area contributed by atoms with Crippen LogP contribution in [0, 0.1) is 0 Å². The predicted octanol–water partition coefficient (Wildman–Crippen LogP) is 3.23. The van der Waals surface area contributed by atoms with Crippen molar-refractivity contribution in [3.05, 3.63) is 57.9 Å². The van der Waals surface area contributed by atoms with Gasteiger partial charge in [0.15, 0.2) is 0 Å². The van der Waals surface area contributed by atoms with Crippen LogP contribution in [0.3, 0.4) is 0 Å². The number of hydrogen-bond donors (Lipinski definition) is 1. The first kappa shape index (κ1) is 19.0. The van der Waals surface area contributed by atoms with Crippen molar-refractivity contribution in [1.29, 1.82) is 0 Å². The molecule has 148 valence electrons. The zero-order valence-corrected chi connectivity index (χ0v) is 16.7. The minimum atomic E-state index is -0.220. The summed E-state index contributed by atoms with van der Waals surface area (Å²) >= 11 is 6.18. The van der Waals surface area contributed by atoms with Crippen molar-refractivity contribution < 1.29 is 14.3 Å². The molecule has 1 unspecified atom stereocenters. The maximum Gasteiger partial charge on any atom is 0.270 e. The van der Waals surface area contributed by atoms with Crippen molar-refractivity contribution >= 4 is 23.4 Å². The number of carbonyl (C=O) groups is 2. The van der Waals surface area contributed by atoms with E-state index in [1.54, 1.807) is 12.1 Å². The zero-order chi connectivity index (χ0) is 19.7. The zero-order valence-electron chi connectivity index (χ0n) is 15.9. The summed E-state index contributed by atoms with van der Waals surface area (Å²) in [5, 5.41) is 3.53. The van der Waals surface area contributed by atoms with Crippen molar-refractivity contribution in [2.75, 3.05) is 13.2 Å². The molecule has 1 N–H and O–H groups in total. The summed E-state index contributed by atoms with van der Waals surface area (Å²) in [6, 6.07) is 9.37. The van der Waals surface area contributed by atoms with Gasteiger partial charge in [0, 0.05) is 30.7 Å². The third kappa shape index (κ3) is 3.54. The van der Waals surface area contributed by atoms with E-state index in [0.717, 1.165) is 30.6 Å². The van der Waals surface area contributed by atoms with Crippen molar-refractivity contribution in [3.8, 4) is 0 Å². The van der Waals surface area contributed by atoms with Crippen LogP contribution >= 0.6 is 11.6 Å². The first-order valence-electron chi connectivity index (χ1n) is 9.69. The standard InChI is InChI=1S/C21H24ClN3O3/c1-14-5-4-8-24(14)21(27)18-11-16(19-13-28-10-9-25(18)19)20(26)23-12-15-6-2-3-7-17(15)22/h2-3,6-7,11,14H,4-5,8-10,12-13H2,1H3,(H,23,26). The predicted molar refractivity (Wildman–Crippen MR) is 106 cm³/mol. The molecule has 1 aromatic heterocycles. The van der Waals surface area contributed by atoms with E-state index in [1.807, 2.05) is 27.7 Å². The van der Waals surface area contributed by atoms with Crippen molar-refractivity contribution in [1.82, 2.24) is 14.8 Å². The van der Waals surface area contributed by atoms with Crippen LogP contribution in [0.25, 0.3) is 0 Å². The smallest absolute Gasteiger partial charge is 0.270 e. The molecule has 1 atom stereocenters. The number of fused-ring (bicyclic) bond motifs is 1. The second-order valence-electron chi connectivity index (χ2n) is 7.36. The molecule has 4 rings (SSSR count). The third-order valence-electron chi connectivity index (χ3n) is 5.58. The highest BCUT2D eigenvalue weighted by Crippen LogP contribution is 2.26. The number of nitrogens with one attached hydrogen (secondary N) is 1. The van der Waals surface area contributed by atoms with Crippen LogP contribution in [0.1, 0.15) is 51.9 Å². The van der Waals surface area contributed by atoms with Gasteiger partial charge in [0.05, 0.1) is 24.5 Å². The van der Waals surface area contributed by atoms with Gasteiger partial charge in [-0.2, -0.15) is 0 Å². The van der Waals surface area contributed by atoms with E-state index < -0.39 is 0 Å². The molecule has 1 aromatic carbocycles. The first-order chi connectivity index (χ1) is 13.6. The monoisotopic (exact) mass is 401 g/mol. The topological polar surface area (TPSA) is 63.6 Å². The fourth-order valence-corrected chi connectivity index (χ4v) is 4.20. The van der Waals surface area contributed by atoms with Crippen LogP contribution in [0.4, 0.5) is 0 Å². The Bertz CT molecular complexity index is 908. The van der Waals surface area contributed by atoms with Gasteiger partial charge in [0.25, 0.3) is 11.8 Å². The average molecular weight is 402 g/mol. The van der Waals surface area contributed by atoms with Gasteiger partial charge >= 0.3 is 0 Å². The van der Waals surface area contributed by atoms with Gasteiger partial charge < -0.3 is 19.5 Å². The molecular formula is C21H24ClN3O3. The van der Waals surface area contributed by atoms with Crippen molar-refractivity contribution in [2.45, 2.75) is 45.5 Å². The molecule has 28 heavy (non-hydrogen) atoms. The Hall–Kier alpha value is -2.31. The summed E-state index contributed by atoms with van der Waals surface area (Å²) in [5.74, 6) is -0.221. The highest BCUT2D eigenvalue weighted by Gasteiger charge is 2.31. The maximum absolute atomic E-state index is 13.1. The molecule has 2 aliphatic heterocycles. The number of benzene rings is 1. The van der Waals surface area contributed by atoms with E-state index in [1.165, 1.54) is 0 Å². The van der Waals surface area contributed by atoms with Gasteiger partial charge in [-0.1, -0.05) is 29.8 Å². The Morgan fingerprint density at radius 1 is 1.29 bits per heavy atom. The third-order valence-corrected chi connectivity index (χ3v) is 5.95. The van der Waals surface area contributed by atoms with E-state index >= 15 is 0 Å². The van der Waals surface area contributed by atoms with E-state index in [4.69, 9.17) is 16.3 Å². The van der Waals surface area contributed by atoms with Crippen LogP contribution in [-0.2, 0) is 24.4 Å². The number of halogens is 1. The summed E-state index contributed by atoms with van der Waals surface area (Å²) in [6.45, 7) is 4.62. The van der Waals surface area contributed by atoms with Gasteiger partial charge in [0.1, 0.15) is 5.69 Å². The number of amides is 2. The molecule has 0 spiro atoms. The minimum Gasteiger partial charge on any atom is -0.373 e. The lowest BCUT2D eigenvalue weighted by molar-refractivity contribution is 0.0684. The second kappa shape index (κ2) is 7.97. The summed E-state index contributed by atoms with van der Waals surface area (Å²) in [4.78, 5) is 27.9. The normalized spacial score (nSPS) is 18.8. The molecule has 0 aliphatic carbocycles. The lowest BCUT2D eigenvalue weighted by Gasteiger charge is -2.24. The maximum atomic E-state index is 13.1. The molecule has 6 nitrogen and oxygen atoms in total. The summed E-state index contributed by atoms with van der Waals surface area (Å²) in [7, 11) is 0. The molecular weight excluding hydrogens is 378 g/mol. The quantitative estimate of drug-likeness (QED) is 0.855. The molecule has 0 radical (unpaired) electrons. The van der Waals surface area contributed by atoms with Crippen LogP contribution in [-0.4, -0.2) is 40.5 Å². The van der Waals surface area contributed by atoms with Crippen LogP contribution in [0.5, 0.6) is 0 Å². The summed E-state index contributed by atoms with van der Waals surface area (Å²) in [5.41, 5.74) is 2.69. The minimum absolute atomic E-state index is 0.00157. The van der Waals surface area contributed by atoms with Crippen LogP contribution < -0.4 is 5.32 Å². The average Bonchev–Trinajstić information content (AvgIpc) is 3.30. The summed E-state index contributed by atoms with van der Waals surface area (Å²) < 4.78 is 7.51. The number of ether oxygens (including phenoxy) is 1. The van der Waals surface area contributed by atoms with E-state index in [9.17, 15) is 9.59 Å². The number of aromatic nitrogens is 1. The Morgan fingerprint density at radius 2 is 2.11 bits per heavy atom. The highest BCUT2D eigenvalue weighted by atomic mass is 35.5. The molecule has 2 amide bonds. The van der Waals surface area contributed by atoms with Gasteiger partial charge in [-0.3, -0.25) is 9.59 Å². The molecule has 0 saturated carbocycles. The summed E-state index contributed by atoms with van der Waals surface area (Å²) in [6.07, 6.45) is 2.04. The Labute approximate surface area is 169 Å². The molecule has 7 heteroatoms. The van der Waals surface area contributed by atoms with Gasteiger partial charge in [-0.25, -0.2) is 0 Å². The lowest BCUT2D eigenvalue weighted by Crippen LogP contribution is -2.35. The molecule has 3 heterocycles. The molecule has 0 bridgehead atoms. The SMILES string of the molecule is CC1CCCN1C(=O)c1cc(C(=O)NCc2ccccc2Cl)c2n1CCOC2. The Balaban J connectivity index is 1.58. The lowest BCUT2D eigenvalue weighted by atomic mass is 10.2. The largest absolute Gasteiger partial charge is 0.373 e. The van der Waals surface area contributed by atoms with Gasteiger partial charge in [0.2, 0.25) is 0 Å². The number of likely N-dealkylation sites (tertiary alicyclic amines) is 1. The fraction of sp³-hybridized carbons (Fsp3) is 0.429. The molecule has 2 aliphatic rings. The number of rotatable bonds is 4. The number of hydrogen-bond acceptors (Lipinski definition) is 3. The van der Waals surface area contributed by atoms with Crippen LogP contribution in [0.2, 0.25) is 5.02 Å². The van der Waals surface area contributed by atoms with E-state index in [0.29, 0.717) is 42.6 Å². The van der Waals surface area contributed by atoms with Crippen molar-refractivity contribution in [2.24, 2.45) is 0 Å². The molecule has 1 saturated heterocycles. The highest BCUT2D eigenvalue weighted by molar-refractivity contribution is 6.31. The Morgan fingerprint density at radius 3 is 2.86 bits per heavy atom.